The van der Waals surface area contributed by atoms with Gasteiger partial charge in [0.05, 0.1) is 30.3 Å². The number of ether oxygens (including phenoxy) is 2. The van der Waals surface area contributed by atoms with Crippen molar-refractivity contribution >= 4 is 50.2 Å². The minimum Gasteiger partial charge on any atom is -0.496 e. The van der Waals surface area contributed by atoms with Crippen LogP contribution in [0.5, 0.6) is 5.75 Å². The first-order valence-electron chi connectivity index (χ1n) is 17.9. The maximum atomic E-state index is 15.2. The van der Waals surface area contributed by atoms with E-state index in [4.69, 9.17) is 15.2 Å². The summed E-state index contributed by atoms with van der Waals surface area (Å²) in [6.45, 7) is 9.27. The van der Waals surface area contributed by atoms with Crippen LogP contribution < -0.4 is 15.8 Å². The Labute approximate surface area is 305 Å². The molecule has 9 nitrogen and oxygen atoms in total. The molecule has 2 fully saturated rings. The van der Waals surface area contributed by atoms with Gasteiger partial charge in [-0.2, -0.15) is 0 Å². The Bertz CT molecular complexity index is 2280. The summed E-state index contributed by atoms with van der Waals surface area (Å²) in [4.78, 5) is 40.9. The highest BCUT2D eigenvalue weighted by molar-refractivity contribution is 7.22. The van der Waals surface area contributed by atoms with Crippen LogP contribution in [-0.2, 0) is 17.8 Å². The average Bonchev–Trinajstić information content (AvgIpc) is 3.62. The van der Waals surface area contributed by atoms with E-state index in [1.54, 1.807) is 24.5 Å². The van der Waals surface area contributed by atoms with Crippen molar-refractivity contribution in [3.05, 3.63) is 76.9 Å². The molecule has 11 heteroatoms. The van der Waals surface area contributed by atoms with Gasteiger partial charge in [-0.05, 0) is 89.8 Å². The fourth-order valence-corrected chi connectivity index (χ4v) is 9.59. The molecule has 1 unspecified atom stereocenters. The molecule has 3 amide bonds. The maximum absolute atomic E-state index is 15.2. The lowest BCUT2D eigenvalue weighted by atomic mass is 9.78. The summed E-state index contributed by atoms with van der Waals surface area (Å²) < 4.78 is 29.8. The number of hydrogen-bond donors (Lipinski definition) is 2. The Morgan fingerprint density at radius 2 is 1.81 bits per heavy atom. The second-order valence-electron chi connectivity index (χ2n) is 15.6. The lowest BCUT2D eigenvalue weighted by molar-refractivity contribution is -0.0570. The molecule has 1 saturated heterocycles. The van der Waals surface area contributed by atoms with Crippen LogP contribution in [0.2, 0.25) is 0 Å². The third kappa shape index (κ3) is 5.98. The van der Waals surface area contributed by atoms with Crippen LogP contribution >= 0.6 is 11.3 Å². The number of benzene rings is 3. The topological polar surface area (TPSA) is 116 Å². The summed E-state index contributed by atoms with van der Waals surface area (Å²) >= 11 is 1.62. The number of thiophene rings is 1. The molecular formula is C41H43FN4O5S. The summed E-state index contributed by atoms with van der Waals surface area (Å²) in [5, 5.41) is 4.99. The largest absolute Gasteiger partial charge is 0.496 e. The number of carbonyl (C=O) groups excluding carboxylic acids is 3. The zero-order valence-electron chi connectivity index (χ0n) is 30.0. The Balaban J connectivity index is 1.21. The average molecular weight is 723 g/mol. The van der Waals surface area contributed by atoms with Crippen LogP contribution in [-0.4, -0.2) is 59.3 Å². The Hall–Kier alpha value is -4.90. The van der Waals surface area contributed by atoms with Crippen molar-refractivity contribution in [1.82, 2.24) is 14.8 Å². The van der Waals surface area contributed by atoms with Crippen LogP contribution in [0.25, 0.3) is 42.7 Å². The number of fused-ring (bicyclic) bond motifs is 3. The van der Waals surface area contributed by atoms with Crippen LogP contribution in [0.3, 0.4) is 0 Å². The molecule has 4 heterocycles. The number of alkyl halides is 1. The van der Waals surface area contributed by atoms with E-state index in [-0.39, 0.29) is 24.8 Å². The summed E-state index contributed by atoms with van der Waals surface area (Å²) in [5.74, 6) is 0.814. The van der Waals surface area contributed by atoms with E-state index in [1.807, 2.05) is 39.0 Å². The monoisotopic (exact) mass is 722 g/mol. The van der Waals surface area contributed by atoms with Crippen LogP contribution in [0.4, 0.5) is 9.18 Å². The van der Waals surface area contributed by atoms with E-state index >= 15 is 4.39 Å². The fourth-order valence-electron chi connectivity index (χ4n) is 8.30. The number of nitrogens with zero attached hydrogens (tertiary/aromatic N) is 2. The second-order valence-corrected chi connectivity index (χ2v) is 16.6. The van der Waals surface area contributed by atoms with E-state index in [2.05, 4.69) is 47.1 Å². The summed E-state index contributed by atoms with van der Waals surface area (Å²) in [6, 6.07) is 17.9. The van der Waals surface area contributed by atoms with Gasteiger partial charge in [0.15, 0.2) is 0 Å². The number of halogens is 1. The van der Waals surface area contributed by atoms with E-state index in [1.165, 1.54) is 17.7 Å². The van der Waals surface area contributed by atoms with Crippen LogP contribution in [0.15, 0.2) is 54.6 Å². The highest BCUT2D eigenvalue weighted by Crippen LogP contribution is 2.46. The third-order valence-electron chi connectivity index (χ3n) is 10.8. The highest BCUT2D eigenvalue weighted by Gasteiger charge is 2.47. The van der Waals surface area contributed by atoms with Gasteiger partial charge >= 0.3 is 6.09 Å². The number of likely N-dealkylation sites (tertiary alicyclic amines) is 1. The van der Waals surface area contributed by atoms with Crippen molar-refractivity contribution in [2.24, 2.45) is 17.1 Å². The third-order valence-corrected chi connectivity index (χ3v) is 12.1. The smallest absolute Gasteiger partial charge is 0.404 e. The summed E-state index contributed by atoms with van der Waals surface area (Å²) in [6.07, 6.45) is -0.847. The van der Waals surface area contributed by atoms with Gasteiger partial charge in [0.25, 0.3) is 11.8 Å². The van der Waals surface area contributed by atoms with Crippen LogP contribution in [0, 0.1) is 18.3 Å². The van der Waals surface area contributed by atoms with Crippen molar-refractivity contribution < 1.29 is 28.2 Å². The SMILES string of the molecule is COc1cc(C(=O)N2C[C@H](F)C[C@@H](OC(N)=O)C2C(C)(C)C)cc2sc(-c3cc4ccc(-c5ccc6c(c5)CNC6=O)cc4n3CC3CC3)c(C)c12. The number of aryl methyl sites for hydroxylation is 1. The van der Waals surface area contributed by atoms with Crippen LogP contribution in [0.1, 0.15) is 71.9 Å². The van der Waals surface area contributed by atoms with E-state index in [0.29, 0.717) is 23.8 Å². The molecule has 5 aromatic rings. The van der Waals surface area contributed by atoms with Gasteiger partial charge in [-0.25, -0.2) is 9.18 Å². The molecule has 3 N–H and O–H groups in total. The van der Waals surface area contributed by atoms with Crippen molar-refractivity contribution in [1.29, 1.82) is 0 Å². The first-order chi connectivity index (χ1) is 24.8. The van der Waals surface area contributed by atoms with E-state index in [0.717, 1.165) is 65.9 Å². The number of methoxy groups -OCH3 is 1. The number of nitrogens with two attached hydrogens (primary N) is 1. The van der Waals surface area contributed by atoms with Crippen molar-refractivity contribution in [3.63, 3.8) is 0 Å². The quantitative estimate of drug-likeness (QED) is 0.176. The standard InChI is InChI=1S/C41H43FN4O5S/c1-21-35-32(50-5)15-26(39(48)46-20-28(42)17-33(51-40(43)49)37(46)41(2,3)4)16-34(35)52-36(21)31-14-25-9-8-24(13-30(25)45(31)19-22-6-7-22)23-10-11-29-27(12-23)18-44-38(29)47/h8-16,22,28,33,37H,6-7,17-20H2,1-5H3,(H2,43,49)(H,44,47)/t28-,33-,37?/m1/s1. The Morgan fingerprint density at radius 3 is 2.52 bits per heavy atom. The zero-order valence-corrected chi connectivity index (χ0v) is 30.9. The molecule has 1 aliphatic carbocycles. The number of amides is 3. The molecular weight excluding hydrogens is 680 g/mol. The highest BCUT2D eigenvalue weighted by atomic mass is 32.1. The molecule has 8 rings (SSSR count). The van der Waals surface area contributed by atoms with Crippen molar-refractivity contribution in [3.8, 4) is 27.4 Å². The van der Waals surface area contributed by atoms with Crippen molar-refractivity contribution in [2.45, 2.75) is 78.4 Å². The van der Waals surface area contributed by atoms with E-state index < -0.39 is 29.8 Å². The second kappa shape index (κ2) is 12.6. The summed E-state index contributed by atoms with van der Waals surface area (Å²) in [5.41, 5.74) is 12.5. The Kier molecular flexibility index (Phi) is 8.32. The number of hydrogen-bond acceptors (Lipinski definition) is 6. The molecule has 0 spiro atoms. The molecule has 0 radical (unpaired) electrons. The number of aromatic nitrogens is 1. The molecule has 1 saturated carbocycles. The molecule has 2 aromatic heterocycles. The first kappa shape index (κ1) is 34.2. The Morgan fingerprint density at radius 1 is 1.06 bits per heavy atom. The lowest BCUT2D eigenvalue weighted by Crippen LogP contribution is -2.61. The molecule has 52 heavy (non-hydrogen) atoms. The number of piperidine rings is 1. The number of nitrogens with one attached hydrogen (secondary N) is 1. The van der Waals surface area contributed by atoms with Gasteiger partial charge in [0.2, 0.25) is 0 Å². The summed E-state index contributed by atoms with van der Waals surface area (Å²) in [7, 11) is 1.60. The van der Waals surface area contributed by atoms with Gasteiger partial charge in [-0.1, -0.05) is 39.0 Å². The zero-order chi connectivity index (χ0) is 36.6. The predicted octanol–water partition coefficient (Wildman–Crippen LogP) is 8.22. The number of carbonyl (C=O) groups is 3. The molecule has 0 bridgehead atoms. The molecule has 270 valence electrons. The number of primary amides is 1. The van der Waals surface area contributed by atoms with Crippen molar-refractivity contribution in [2.75, 3.05) is 13.7 Å². The maximum Gasteiger partial charge on any atom is 0.404 e. The van der Waals surface area contributed by atoms with Gasteiger partial charge in [-0.3, -0.25) is 9.59 Å². The van der Waals surface area contributed by atoms with Gasteiger partial charge in [0.1, 0.15) is 18.0 Å². The molecule has 3 atom stereocenters. The van der Waals surface area contributed by atoms with Gasteiger partial charge < -0.3 is 30.0 Å². The first-order valence-corrected chi connectivity index (χ1v) is 18.7. The number of rotatable bonds is 7. The fraction of sp³-hybridized carbons (Fsp3) is 0.390. The van der Waals surface area contributed by atoms with Gasteiger partial charge in [0, 0.05) is 51.6 Å². The van der Waals surface area contributed by atoms with Gasteiger partial charge in [-0.15, -0.1) is 11.3 Å². The molecule has 3 aromatic carbocycles. The van der Waals surface area contributed by atoms with E-state index in [9.17, 15) is 14.4 Å². The normalized spacial score (nSPS) is 20.3. The minimum atomic E-state index is -1.37. The molecule has 2 aliphatic heterocycles. The predicted molar refractivity (Wildman–Crippen MR) is 202 cm³/mol. The molecule has 3 aliphatic rings. The minimum absolute atomic E-state index is 0.0212. The lowest BCUT2D eigenvalue weighted by Gasteiger charge is -2.48.